The Morgan fingerprint density at radius 1 is 0.737 bits per heavy atom. The summed E-state index contributed by atoms with van der Waals surface area (Å²) in [4.78, 5) is 3.73. The van der Waals surface area contributed by atoms with Gasteiger partial charge in [-0.15, -0.1) is 0 Å². The summed E-state index contributed by atoms with van der Waals surface area (Å²) in [6.45, 7) is 4.55. The lowest BCUT2D eigenvalue weighted by Gasteiger charge is -1.98. The zero-order chi connectivity index (χ0) is 14.3. The summed E-state index contributed by atoms with van der Waals surface area (Å²) in [7, 11) is 0. The van der Waals surface area contributed by atoms with Gasteiger partial charge in [0.05, 0.1) is 0 Å². The molecule has 0 saturated carbocycles. The quantitative estimate of drug-likeness (QED) is 0.665. The van der Waals surface area contributed by atoms with Gasteiger partial charge in [-0.05, 0) is 12.1 Å². The highest BCUT2D eigenvalue weighted by atomic mass is 14.9. The molecule has 0 aliphatic rings. The van der Waals surface area contributed by atoms with E-state index in [-0.39, 0.29) is 0 Å². The fourth-order valence-corrected chi connectivity index (χ4v) is 1.85. The molecule has 0 radical (unpaired) electrons. The average Bonchev–Trinajstić information content (AvgIpc) is 2.38. The van der Waals surface area contributed by atoms with Crippen LogP contribution in [-0.2, 0) is 0 Å². The third-order valence-electron chi connectivity index (χ3n) is 3.00. The van der Waals surface area contributed by atoms with Crippen LogP contribution >= 0.6 is 0 Å². The van der Waals surface area contributed by atoms with Gasteiger partial charge in [-0.2, -0.15) is 0 Å². The summed E-state index contributed by atoms with van der Waals surface area (Å²) >= 11 is 0. The molecule has 4 N–H and O–H groups in total. The molecule has 0 unspecified atom stereocenters. The lowest BCUT2D eigenvalue weighted by Crippen LogP contribution is -1.93. The first-order chi connectivity index (χ1) is 9.20. The van der Waals surface area contributed by atoms with Crippen LogP contribution in [0.2, 0.25) is 0 Å². The van der Waals surface area contributed by atoms with Crippen LogP contribution in [0.3, 0.4) is 0 Å². The van der Waals surface area contributed by atoms with Gasteiger partial charge in [0.2, 0.25) is 0 Å². The minimum Gasteiger partial charge on any atom is -0.384 e. The maximum atomic E-state index is 5.27. The third-order valence-corrected chi connectivity index (χ3v) is 3.00. The van der Waals surface area contributed by atoms with Gasteiger partial charge in [0.1, 0.15) is 11.6 Å². The molecular weight excluding hydrogens is 234 g/mol. The summed E-state index contributed by atoms with van der Waals surface area (Å²) in [5.41, 5.74) is 10.5. The fourth-order valence-electron chi connectivity index (χ4n) is 1.85. The minimum absolute atomic E-state index is 0.463. The normalized spacial score (nSPS) is 9.79. The number of hydrogen-bond acceptors (Lipinski definition) is 3. The molecule has 0 aliphatic heterocycles. The second-order valence-corrected chi connectivity index (χ2v) is 4.96. The van der Waals surface area contributed by atoms with Gasteiger partial charge in [-0.1, -0.05) is 77.7 Å². The Balaban J connectivity index is 0.000000356. The average molecular weight is 265 g/mol. The SMILES string of the molecule is CCCCCCCCCCC.Nc1cccc(N)n1. The molecule has 1 rings (SSSR count). The lowest BCUT2D eigenvalue weighted by atomic mass is 10.1. The first kappa shape index (κ1) is 17.8. The summed E-state index contributed by atoms with van der Waals surface area (Å²) in [5.74, 6) is 0.926. The van der Waals surface area contributed by atoms with E-state index in [0.717, 1.165) is 0 Å². The highest BCUT2D eigenvalue weighted by molar-refractivity contribution is 5.37. The number of nitrogens with two attached hydrogens (primary N) is 2. The standard InChI is InChI=1S/C11H24.C5H7N3/c1-3-5-7-9-11-10-8-6-4-2;6-4-2-1-3-5(7)8-4/h3-11H2,1-2H3;1-3H,(H4,6,7,8). The van der Waals surface area contributed by atoms with Gasteiger partial charge in [-0.3, -0.25) is 0 Å². The van der Waals surface area contributed by atoms with Crippen LogP contribution in [0, 0.1) is 0 Å². The second kappa shape index (κ2) is 13.2. The molecule has 0 spiro atoms. The first-order valence-electron chi connectivity index (χ1n) is 7.68. The molecule has 3 nitrogen and oxygen atoms in total. The summed E-state index contributed by atoms with van der Waals surface area (Å²) in [6.07, 6.45) is 13.0. The molecule has 0 saturated heterocycles. The van der Waals surface area contributed by atoms with Crippen molar-refractivity contribution in [3.63, 3.8) is 0 Å². The molecule has 0 fully saturated rings. The van der Waals surface area contributed by atoms with Crippen LogP contribution in [-0.4, -0.2) is 4.98 Å². The van der Waals surface area contributed by atoms with Crippen LogP contribution in [0.4, 0.5) is 11.6 Å². The van der Waals surface area contributed by atoms with E-state index in [4.69, 9.17) is 11.5 Å². The first-order valence-corrected chi connectivity index (χ1v) is 7.68. The van der Waals surface area contributed by atoms with Crippen molar-refractivity contribution in [3.05, 3.63) is 18.2 Å². The molecule has 0 aliphatic carbocycles. The van der Waals surface area contributed by atoms with Crippen molar-refractivity contribution < 1.29 is 0 Å². The molecule has 0 aromatic carbocycles. The van der Waals surface area contributed by atoms with E-state index in [9.17, 15) is 0 Å². The maximum Gasteiger partial charge on any atom is 0.125 e. The smallest absolute Gasteiger partial charge is 0.125 e. The Kier molecular flexibility index (Phi) is 12.3. The zero-order valence-electron chi connectivity index (χ0n) is 12.7. The van der Waals surface area contributed by atoms with Crippen LogP contribution < -0.4 is 11.5 Å². The van der Waals surface area contributed by atoms with Crippen LogP contribution in [0.5, 0.6) is 0 Å². The van der Waals surface area contributed by atoms with E-state index < -0.39 is 0 Å². The van der Waals surface area contributed by atoms with E-state index in [1.807, 2.05) is 0 Å². The van der Waals surface area contributed by atoms with E-state index in [1.165, 1.54) is 57.8 Å². The maximum absolute atomic E-state index is 5.27. The molecule has 1 heterocycles. The van der Waals surface area contributed by atoms with Crippen molar-refractivity contribution in [2.24, 2.45) is 0 Å². The van der Waals surface area contributed by atoms with Gasteiger partial charge >= 0.3 is 0 Å². The van der Waals surface area contributed by atoms with Gasteiger partial charge in [0.15, 0.2) is 0 Å². The number of hydrogen-bond donors (Lipinski definition) is 2. The number of nitrogens with zero attached hydrogens (tertiary/aromatic N) is 1. The Morgan fingerprint density at radius 2 is 1.11 bits per heavy atom. The minimum atomic E-state index is 0.463. The second-order valence-electron chi connectivity index (χ2n) is 4.96. The number of unbranched alkanes of at least 4 members (excludes halogenated alkanes) is 8. The van der Waals surface area contributed by atoms with Crippen molar-refractivity contribution in [1.82, 2.24) is 4.98 Å². The Morgan fingerprint density at radius 3 is 1.37 bits per heavy atom. The highest BCUT2D eigenvalue weighted by Gasteiger charge is 1.89. The van der Waals surface area contributed by atoms with E-state index >= 15 is 0 Å². The molecule has 0 bridgehead atoms. The van der Waals surface area contributed by atoms with Crippen molar-refractivity contribution in [2.75, 3.05) is 11.5 Å². The molecule has 1 aromatic rings. The van der Waals surface area contributed by atoms with Crippen LogP contribution in [0.15, 0.2) is 18.2 Å². The fraction of sp³-hybridized carbons (Fsp3) is 0.688. The van der Waals surface area contributed by atoms with Crippen molar-refractivity contribution >= 4 is 11.6 Å². The number of anilines is 2. The topological polar surface area (TPSA) is 64.9 Å². The number of rotatable bonds is 8. The zero-order valence-corrected chi connectivity index (χ0v) is 12.7. The van der Waals surface area contributed by atoms with Crippen molar-refractivity contribution in [1.29, 1.82) is 0 Å². The van der Waals surface area contributed by atoms with Crippen molar-refractivity contribution in [2.45, 2.75) is 71.6 Å². The molecular formula is C16H31N3. The van der Waals surface area contributed by atoms with E-state index in [0.29, 0.717) is 11.6 Å². The largest absolute Gasteiger partial charge is 0.384 e. The third kappa shape index (κ3) is 13.0. The Bertz CT molecular complexity index is 275. The monoisotopic (exact) mass is 265 g/mol. The molecule has 1 aromatic heterocycles. The van der Waals surface area contributed by atoms with Gasteiger partial charge in [0.25, 0.3) is 0 Å². The Labute approximate surface area is 118 Å². The molecule has 0 amide bonds. The lowest BCUT2D eigenvalue weighted by molar-refractivity contribution is 0.572. The molecule has 3 heteroatoms. The van der Waals surface area contributed by atoms with Crippen molar-refractivity contribution in [3.8, 4) is 0 Å². The summed E-state index contributed by atoms with van der Waals surface area (Å²) in [6, 6.07) is 5.14. The van der Waals surface area contributed by atoms with Crippen LogP contribution in [0.1, 0.15) is 71.6 Å². The molecule has 19 heavy (non-hydrogen) atoms. The number of nitrogen functional groups attached to an aromatic ring is 2. The molecule has 110 valence electrons. The van der Waals surface area contributed by atoms with E-state index in [2.05, 4.69) is 18.8 Å². The Hall–Kier alpha value is -1.25. The van der Waals surface area contributed by atoms with Gasteiger partial charge in [-0.25, -0.2) is 4.98 Å². The predicted octanol–water partition coefficient (Wildman–Crippen LogP) is 4.78. The number of pyridine rings is 1. The van der Waals surface area contributed by atoms with E-state index in [1.54, 1.807) is 18.2 Å². The summed E-state index contributed by atoms with van der Waals surface area (Å²) in [5, 5.41) is 0. The van der Waals surface area contributed by atoms with Gasteiger partial charge < -0.3 is 11.5 Å². The predicted molar refractivity (Wildman–Crippen MR) is 86.0 cm³/mol. The number of aromatic nitrogens is 1. The van der Waals surface area contributed by atoms with Crippen LogP contribution in [0.25, 0.3) is 0 Å². The summed E-state index contributed by atoms with van der Waals surface area (Å²) < 4.78 is 0. The highest BCUT2D eigenvalue weighted by Crippen LogP contribution is 2.08. The van der Waals surface area contributed by atoms with Gasteiger partial charge in [0, 0.05) is 0 Å². The molecule has 0 atom stereocenters.